The summed E-state index contributed by atoms with van der Waals surface area (Å²) in [6, 6.07) is 4.22. The van der Waals surface area contributed by atoms with Crippen LogP contribution in [0.25, 0.3) is 11.1 Å². The molecule has 1 aromatic heterocycles. The second kappa shape index (κ2) is 6.96. The van der Waals surface area contributed by atoms with Crippen LogP contribution in [-0.2, 0) is 4.79 Å². The first-order chi connectivity index (χ1) is 12.0. The summed E-state index contributed by atoms with van der Waals surface area (Å²) in [5, 5.41) is 9.19. The molecule has 6 nitrogen and oxygen atoms in total. The van der Waals surface area contributed by atoms with Crippen molar-refractivity contribution in [3.8, 4) is 11.1 Å². The lowest BCUT2D eigenvalue weighted by atomic mass is 9.92. The minimum absolute atomic E-state index is 0.0570. The van der Waals surface area contributed by atoms with Crippen molar-refractivity contribution < 1.29 is 19.1 Å². The van der Waals surface area contributed by atoms with E-state index in [0.29, 0.717) is 24.0 Å². The highest BCUT2D eigenvalue weighted by atomic mass is 19.1. The summed E-state index contributed by atoms with van der Waals surface area (Å²) in [5.41, 5.74) is 1.17. The molecule has 0 bridgehead atoms. The molecule has 0 saturated carbocycles. The van der Waals surface area contributed by atoms with E-state index in [-0.39, 0.29) is 18.2 Å². The highest BCUT2D eigenvalue weighted by Gasteiger charge is 2.33. The molecule has 0 aliphatic carbocycles. The van der Waals surface area contributed by atoms with Gasteiger partial charge in [0.15, 0.2) is 0 Å². The molecule has 25 heavy (non-hydrogen) atoms. The van der Waals surface area contributed by atoms with Crippen molar-refractivity contribution >= 4 is 11.9 Å². The van der Waals surface area contributed by atoms with Gasteiger partial charge in [0.1, 0.15) is 12.1 Å². The van der Waals surface area contributed by atoms with E-state index in [4.69, 9.17) is 0 Å². The van der Waals surface area contributed by atoms with Gasteiger partial charge >= 0.3 is 5.97 Å². The summed E-state index contributed by atoms with van der Waals surface area (Å²) in [6.45, 7) is 1.95. The van der Waals surface area contributed by atoms with Gasteiger partial charge < -0.3 is 10.0 Å². The summed E-state index contributed by atoms with van der Waals surface area (Å²) < 4.78 is 14.5. The van der Waals surface area contributed by atoms with E-state index in [1.54, 1.807) is 18.5 Å². The van der Waals surface area contributed by atoms with Crippen LogP contribution in [0.1, 0.15) is 30.1 Å². The van der Waals surface area contributed by atoms with Crippen molar-refractivity contribution in [1.29, 1.82) is 0 Å². The molecule has 1 amide bonds. The van der Waals surface area contributed by atoms with E-state index >= 15 is 0 Å². The minimum Gasteiger partial charge on any atom is -0.481 e. The van der Waals surface area contributed by atoms with E-state index < -0.39 is 23.6 Å². The average Bonchev–Trinajstić information content (AvgIpc) is 2.62. The maximum absolute atomic E-state index is 14.5. The van der Waals surface area contributed by atoms with Crippen LogP contribution in [0, 0.1) is 11.7 Å². The molecule has 1 aliphatic rings. The first-order valence-corrected chi connectivity index (χ1v) is 8.06. The van der Waals surface area contributed by atoms with E-state index in [0.717, 1.165) is 0 Å². The number of hydrogen-bond acceptors (Lipinski definition) is 4. The Morgan fingerprint density at radius 3 is 2.56 bits per heavy atom. The predicted octanol–water partition coefficient (Wildman–Crippen LogP) is 2.61. The average molecular weight is 343 g/mol. The molecule has 2 atom stereocenters. The number of carboxylic acids is 1. The third kappa shape index (κ3) is 3.50. The lowest BCUT2D eigenvalue weighted by Gasteiger charge is -2.36. The van der Waals surface area contributed by atoms with Gasteiger partial charge in [-0.25, -0.2) is 14.4 Å². The molecular weight excluding hydrogens is 325 g/mol. The van der Waals surface area contributed by atoms with Gasteiger partial charge in [0.05, 0.1) is 11.5 Å². The number of rotatable bonds is 3. The quantitative estimate of drug-likeness (QED) is 0.926. The van der Waals surface area contributed by atoms with Crippen LogP contribution < -0.4 is 0 Å². The van der Waals surface area contributed by atoms with Crippen LogP contribution in [0.3, 0.4) is 0 Å². The number of carbonyl (C=O) groups excluding carboxylic acids is 1. The smallest absolute Gasteiger partial charge is 0.308 e. The molecule has 3 rings (SSSR count). The fourth-order valence-corrected chi connectivity index (χ4v) is 3.06. The normalized spacial score (nSPS) is 20.3. The SMILES string of the molecule is CC1CCC(C(=O)O)CN1C(=O)c1ccc(-c2cncnc2)cc1F. The Morgan fingerprint density at radius 1 is 1.20 bits per heavy atom. The molecule has 130 valence electrons. The van der Waals surface area contributed by atoms with E-state index in [9.17, 15) is 19.1 Å². The second-order valence-electron chi connectivity index (χ2n) is 6.24. The zero-order chi connectivity index (χ0) is 18.0. The summed E-state index contributed by atoms with van der Waals surface area (Å²) in [6.07, 6.45) is 5.62. The highest BCUT2D eigenvalue weighted by molar-refractivity contribution is 5.95. The summed E-state index contributed by atoms with van der Waals surface area (Å²) in [5.74, 6) is -2.66. The molecular formula is C18H18FN3O3. The lowest BCUT2D eigenvalue weighted by molar-refractivity contribution is -0.143. The number of likely N-dealkylation sites (tertiary alicyclic amines) is 1. The molecule has 2 unspecified atom stereocenters. The first-order valence-electron chi connectivity index (χ1n) is 8.06. The monoisotopic (exact) mass is 343 g/mol. The van der Waals surface area contributed by atoms with Gasteiger partial charge in [0.2, 0.25) is 0 Å². The van der Waals surface area contributed by atoms with Crippen molar-refractivity contribution in [1.82, 2.24) is 14.9 Å². The third-order valence-corrected chi connectivity index (χ3v) is 4.59. The summed E-state index contributed by atoms with van der Waals surface area (Å²) in [7, 11) is 0. The van der Waals surface area contributed by atoms with Crippen molar-refractivity contribution in [2.24, 2.45) is 5.92 Å². The Kier molecular flexibility index (Phi) is 4.74. The Labute approximate surface area is 144 Å². The second-order valence-corrected chi connectivity index (χ2v) is 6.24. The number of carboxylic acid groups (broad SMARTS) is 1. The molecule has 7 heteroatoms. The van der Waals surface area contributed by atoms with Gasteiger partial charge in [-0.2, -0.15) is 0 Å². The lowest BCUT2D eigenvalue weighted by Crippen LogP contribution is -2.47. The van der Waals surface area contributed by atoms with Crippen LogP contribution >= 0.6 is 0 Å². The first kappa shape index (κ1) is 17.0. The standard InChI is InChI=1S/C18H18FN3O3/c1-11-2-3-13(18(24)25)9-22(11)17(23)15-5-4-12(6-16(15)19)14-7-20-10-21-8-14/h4-8,10-11,13H,2-3,9H2,1H3,(H,24,25). The number of nitrogens with zero attached hydrogens (tertiary/aromatic N) is 3. The summed E-state index contributed by atoms with van der Waals surface area (Å²) >= 11 is 0. The van der Waals surface area contributed by atoms with Crippen LogP contribution in [0.15, 0.2) is 36.9 Å². The molecule has 1 fully saturated rings. The Bertz CT molecular complexity index is 797. The van der Waals surface area contributed by atoms with Crippen LogP contribution in [-0.4, -0.2) is 44.4 Å². The number of piperidine rings is 1. The molecule has 1 aliphatic heterocycles. The topological polar surface area (TPSA) is 83.4 Å². The molecule has 2 aromatic rings. The Morgan fingerprint density at radius 2 is 1.92 bits per heavy atom. The Hall–Kier alpha value is -2.83. The van der Waals surface area contributed by atoms with Gasteiger partial charge in [-0.1, -0.05) is 6.07 Å². The number of aliphatic carboxylic acids is 1. The van der Waals surface area contributed by atoms with Crippen LogP contribution in [0.5, 0.6) is 0 Å². The highest BCUT2D eigenvalue weighted by Crippen LogP contribution is 2.26. The van der Waals surface area contributed by atoms with Gasteiger partial charge in [-0.15, -0.1) is 0 Å². The molecule has 1 aromatic carbocycles. The fourth-order valence-electron chi connectivity index (χ4n) is 3.06. The molecule has 2 heterocycles. The van der Waals surface area contributed by atoms with E-state index in [1.165, 1.54) is 23.4 Å². The van der Waals surface area contributed by atoms with Gasteiger partial charge in [-0.3, -0.25) is 9.59 Å². The number of benzene rings is 1. The van der Waals surface area contributed by atoms with Gasteiger partial charge in [0.25, 0.3) is 5.91 Å². The number of amides is 1. The summed E-state index contributed by atoms with van der Waals surface area (Å²) in [4.78, 5) is 33.2. The molecule has 1 N–H and O–H groups in total. The molecule has 0 spiro atoms. The largest absolute Gasteiger partial charge is 0.481 e. The van der Waals surface area contributed by atoms with E-state index in [2.05, 4.69) is 9.97 Å². The molecule has 0 radical (unpaired) electrons. The number of hydrogen-bond donors (Lipinski definition) is 1. The fraction of sp³-hybridized carbons (Fsp3) is 0.333. The number of halogens is 1. The van der Waals surface area contributed by atoms with Crippen molar-refractivity contribution in [2.75, 3.05) is 6.54 Å². The van der Waals surface area contributed by atoms with Crippen LogP contribution in [0.2, 0.25) is 0 Å². The maximum Gasteiger partial charge on any atom is 0.308 e. The predicted molar refractivity (Wildman–Crippen MR) is 88.3 cm³/mol. The van der Waals surface area contributed by atoms with Crippen molar-refractivity contribution in [2.45, 2.75) is 25.8 Å². The van der Waals surface area contributed by atoms with Crippen LogP contribution in [0.4, 0.5) is 4.39 Å². The zero-order valence-electron chi connectivity index (χ0n) is 13.7. The Balaban J connectivity index is 1.86. The van der Waals surface area contributed by atoms with Crippen molar-refractivity contribution in [3.63, 3.8) is 0 Å². The van der Waals surface area contributed by atoms with Crippen molar-refractivity contribution in [3.05, 3.63) is 48.3 Å². The minimum atomic E-state index is -0.926. The number of carbonyl (C=O) groups is 2. The zero-order valence-corrected chi connectivity index (χ0v) is 13.7. The maximum atomic E-state index is 14.5. The van der Waals surface area contributed by atoms with Gasteiger partial charge in [-0.05, 0) is 37.5 Å². The third-order valence-electron chi connectivity index (χ3n) is 4.59. The number of aromatic nitrogens is 2. The van der Waals surface area contributed by atoms with Gasteiger partial charge in [0, 0.05) is 30.5 Å². The van der Waals surface area contributed by atoms with E-state index in [1.807, 2.05) is 6.92 Å². The molecule has 1 saturated heterocycles.